The summed E-state index contributed by atoms with van der Waals surface area (Å²) in [6.45, 7) is 4.01. The molecule has 3 heteroatoms. The highest BCUT2D eigenvalue weighted by Gasteiger charge is 2.08. The molecule has 1 unspecified atom stereocenters. The third-order valence-corrected chi connectivity index (χ3v) is 1.88. The molecule has 1 rings (SSSR count). The third kappa shape index (κ3) is 2.52. The van der Waals surface area contributed by atoms with Crippen LogP contribution in [0.1, 0.15) is 43.7 Å². The van der Waals surface area contributed by atoms with Crippen molar-refractivity contribution < 1.29 is 4.42 Å². The minimum Gasteiger partial charge on any atom is -0.444 e. The highest BCUT2D eigenvalue weighted by Crippen LogP contribution is 2.19. The van der Waals surface area contributed by atoms with E-state index in [4.69, 9.17) is 16.0 Å². The van der Waals surface area contributed by atoms with Crippen LogP contribution in [-0.2, 0) is 6.42 Å². The van der Waals surface area contributed by atoms with Crippen LogP contribution >= 0.6 is 11.6 Å². The van der Waals surface area contributed by atoms with Crippen LogP contribution in [0, 0.1) is 0 Å². The smallest absolute Gasteiger partial charge is 0.212 e. The van der Waals surface area contributed by atoms with Gasteiger partial charge in [0.25, 0.3) is 0 Å². The molecule has 0 N–H and O–H groups in total. The quantitative estimate of drug-likeness (QED) is 0.676. The van der Waals surface area contributed by atoms with Crippen molar-refractivity contribution in [3.05, 3.63) is 17.8 Å². The lowest BCUT2D eigenvalue weighted by atomic mass is 10.2. The van der Waals surface area contributed by atoms with Gasteiger partial charge < -0.3 is 4.42 Å². The Labute approximate surface area is 77.9 Å². The summed E-state index contributed by atoms with van der Waals surface area (Å²) in [5.74, 6) is 1.57. The van der Waals surface area contributed by atoms with Gasteiger partial charge in [0, 0.05) is 6.42 Å². The molecule has 68 valence electrons. The van der Waals surface area contributed by atoms with Crippen LogP contribution in [0.15, 0.2) is 10.6 Å². The van der Waals surface area contributed by atoms with E-state index in [0.717, 1.165) is 18.6 Å². The number of halogens is 1. The Kier molecular flexibility index (Phi) is 3.60. The summed E-state index contributed by atoms with van der Waals surface area (Å²) >= 11 is 5.79. The standard InChI is InChI=1S/C9H14ClNO/c1-3-4-5-8-6-11-9(12-8)7(2)10/h6-7H,3-5H2,1-2H3. The Balaban J connectivity index is 2.52. The van der Waals surface area contributed by atoms with Crippen LogP contribution in [0.4, 0.5) is 0 Å². The number of nitrogens with zero attached hydrogens (tertiary/aromatic N) is 1. The van der Waals surface area contributed by atoms with Gasteiger partial charge in [-0.1, -0.05) is 13.3 Å². The van der Waals surface area contributed by atoms with Crippen LogP contribution in [0.2, 0.25) is 0 Å². The fraction of sp³-hybridized carbons (Fsp3) is 0.667. The Hall–Kier alpha value is -0.500. The molecule has 0 aliphatic rings. The second kappa shape index (κ2) is 4.51. The molecule has 2 nitrogen and oxygen atoms in total. The second-order valence-electron chi connectivity index (χ2n) is 2.88. The molecule has 0 bridgehead atoms. The van der Waals surface area contributed by atoms with Crippen molar-refractivity contribution in [2.24, 2.45) is 0 Å². The first-order valence-corrected chi connectivity index (χ1v) is 4.76. The van der Waals surface area contributed by atoms with E-state index in [2.05, 4.69) is 11.9 Å². The monoisotopic (exact) mass is 187 g/mol. The predicted molar refractivity (Wildman–Crippen MR) is 49.4 cm³/mol. The normalized spacial score (nSPS) is 13.2. The van der Waals surface area contributed by atoms with Gasteiger partial charge >= 0.3 is 0 Å². The molecule has 1 atom stereocenters. The largest absolute Gasteiger partial charge is 0.444 e. The molecular formula is C9H14ClNO. The molecule has 0 aromatic carbocycles. The lowest BCUT2D eigenvalue weighted by Crippen LogP contribution is -1.82. The Bertz CT molecular complexity index is 232. The lowest BCUT2D eigenvalue weighted by Gasteiger charge is -1.94. The summed E-state index contributed by atoms with van der Waals surface area (Å²) in [6.07, 6.45) is 5.05. The van der Waals surface area contributed by atoms with Gasteiger partial charge in [-0.15, -0.1) is 11.6 Å². The van der Waals surface area contributed by atoms with E-state index < -0.39 is 0 Å². The first-order chi connectivity index (χ1) is 5.74. The topological polar surface area (TPSA) is 26.0 Å². The van der Waals surface area contributed by atoms with Crippen LogP contribution < -0.4 is 0 Å². The predicted octanol–water partition coefficient (Wildman–Crippen LogP) is 3.32. The van der Waals surface area contributed by atoms with E-state index in [-0.39, 0.29) is 5.38 Å². The van der Waals surface area contributed by atoms with Crippen LogP contribution in [0.25, 0.3) is 0 Å². The average molecular weight is 188 g/mol. The SMILES string of the molecule is CCCCc1cnc(C(C)Cl)o1. The first kappa shape index (κ1) is 9.59. The molecule has 12 heavy (non-hydrogen) atoms. The van der Waals surface area contributed by atoms with Gasteiger partial charge in [-0.05, 0) is 13.3 Å². The summed E-state index contributed by atoms with van der Waals surface area (Å²) in [6, 6.07) is 0. The van der Waals surface area contributed by atoms with Crippen molar-refractivity contribution in [3.63, 3.8) is 0 Å². The number of unbranched alkanes of at least 4 members (excludes halogenated alkanes) is 1. The fourth-order valence-electron chi connectivity index (χ4n) is 0.973. The summed E-state index contributed by atoms with van der Waals surface area (Å²) in [5.41, 5.74) is 0. The molecule has 1 aromatic rings. The third-order valence-electron chi connectivity index (χ3n) is 1.69. The van der Waals surface area contributed by atoms with Gasteiger partial charge in [-0.3, -0.25) is 0 Å². The summed E-state index contributed by atoms with van der Waals surface area (Å²) in [7, 11) is 0. The van der Waals surface area contributed by atoms with Crippen molar-refractivity contribution in [2.75, 3.05) is 0 Å². The number of aryl methyl sites for hydroxylation is 1. The van der Waals surface area contributed by atoms with Crippen molar-refractivity contribution in [1.82, 2.24) is 4.98 Å². The van der Waals surface area contributed by atoms with Crippen molar-refractivity contribution >= 4 is 11.6 Å². The number of oxazole rings is 1. The van der Waals surface area contributed by atoms with Crippen LogP contribution in [0.3, 0.4) is 0 Å². The van der Waals surface area contributed by atoms with E-state index in [1.165, 1.54) is 6.42 Å². The number of hydrogen-bond acceptors (Lipinski definition) is 2. The Morgan fingerprint density at radius 2 is 2.42 bits per heavy atom. The van der Waals surface area contributed by atoms with E-state index in [1.54, 1.807) is 6.20 Å². The Morgan fingerprint density at radius 1 is 1.67 bits per heavy atom. The molecular weight excluding hydrogens is 174 g/mol. The van der Waals surface area contributed by atoms with E-state index in [1.807, 2.05) is 6.92 Å². The van der Waals surface area contributed by atoms with Gasteiger partial charge in [0.2, 0.25) is 5.89 Å². The van der Waals surface area contributed by atoms with Crippen molar-refractivity contribution in [1.29, 1.82) is 0 Å². The lowest BCUT2D eigenvalue weighted by molar-refractivity contribution is 0.450. The molecule has 1 aromatic heterocycles. The van der Waals surface area contributed by atoms with Crippen LogP contribution in [0.5, 0.6) is 0 Å². The minimum atomic E-state index is -0.125. The minimum absolute atomic E-state index is 0.125. The zero-order valence-electron chi connectivity index (χ0n) is 7.51. The van der Waals surface area contributed by atoms with Gasteiger partial charge in [0.05, 0.1) is 6.20 Å². The summed E-state index contributed by atoms with van der Waals surface area (Å²) < 4.78 is 5.40. The molecule has 0 radical (unpaired) electrons. The summed E-state index contributed by atoms with van der Waals surface area (Å²) in [4.78, 5) is 4.07. The van der Waals surface area contributed by atoms with Gasteiger partial charge in [-0.2, -0.15) is 0 Å². The van der Waals surface area contributed by atoms with Crippen LogP contribution in [-0.4, -0.2) is 4.98 Å². The number of aromatic nitrogens is 1. The molecule has 0 spiro atoms. The maximum absolute atomic E-state index is 5.79. The highest BCUT2D eigenvalue weighted by molar-refractivity contribution is 6.20. The fourth-order valence-corrected chi connectivity index (χ4v) is 1.07. The van der Waals surface area contributed by atoms with E-state index in [0.29, 0.717) is 5.89 Å². The maximum Gasteiger partial charge on any atom is 0.212 e. The maximum atomic E-state index is 5.79. The van der Waals surface area contributed by atoms with Gasteiger partial charge in [-0.25, -0.2) is 4.98 Å². The van der Waals surface area contributed by atoms with Gasteiger partial charge in [0.15, 0.2) is 0 Å². The second-order valence-corrected chi connectivity index (χ2v) is 3.54. The molecule has 0 fully saturated rings. The first-order valence-electron chi connectivity index (χ1n) is 4.32. The highest BCUT2D eigenvalue weighted by atomic mass is 35.5. The van der Waals surface area contributed by atoms with Crippen molar-refractivity contribution in [2.45, 2.75) is 38.5 Å². The molecule has 0 aliphatic carbocycles. The molecule has 1 heterocycles. The van der Waals surface area contributed by atoms with Gasteiger partial charge in [0.1, 0.15) is 11.1 Å². The van der Waals surface area contributed by atoms with E-state index >= 15 is 0 Å². The molecule has 0 saturated carbocycles. The number of rotatable bonds is 4. The molecule has 0 amide bonds. The zero-order valence-corrected chi connectivity index (χ0v) is 8.27. The zero-order chi connectivity index (χ0) is 8.97. The molecule has 0 aliphatic heterocycles. The Morgan fingerprint density at radius 3 is 2.92 bits per heavy atom. The summed E-state index contributed by atoms with van der Waals surface area (Å²) in [5, 5.41) is -0.125. The molecule has 0 saturated heterocycles. The average Bonchev–Trinajstić information content (AvgIpc) is 2.48. The number of alkyl halides is 1. The number of hydrogen-bond donors (Lipinski definition) is 0. The van der Waals surface area contributed by atoms with Crippen molar-refractivity contribution in [3.8, 4) is 0 Å². The van der Waals surface area contributed by atoms with E-state index in [9.17, 15) is 0 Å².